The number of fused-ring (bicyclic) bond motifs is 1. The normalized spacial score (nSPS) is 23.6. The van der Waals surface area contributed by atoms with Gasteiger partial charge in [0.25, 0.3) is 0 Å². The molecule has 4 heteroatoms. The van der Waals surface area contributed by atoms with E-state index in [2.05, 4.69) is 12.2 Å². The lowest BCUT2D eigenvalue weighted by molar-refractivity contribution is 0.0865. The first-order valence-electron chi connectivity index (χ1n) is 7.22. The van der Waals surface area contributed by atoms with Crippen LogP contribution >= 0.6 is 0 Å². The van der Waals surface area contributed by atoms with Crippen molar-refractivity contribution >= 4 is 12.1 Å². The molecule has 1 aliphatic carbocycles. The van der Waals surface area contributed by atoms with Crippen molar-refractivity contribution in [1.82, 2.24) is 0 Å². The highest BCUT2D eigenvalue weighted by Gasteiger charge is 2.32. The Bertz CT molecular complexity index is 630. The molecule has 1 heterocycles. The third-order valence-electron chi connectivity index (χ3n) is 4.13. The molecule has 1 aromatic carbocycles. The maximum Gasteiger partial charge on any atom is 0.174 e. The van der Waals surface area contributed by atoms with Gasteiger partial charge >= 0.3 is 0 Å². The van der Waals surface area contributed by atoms with E-state index in [0.29, 0.717) is 29.0 Å². The Morgan fingerprint density at radius 2 is 2.24 bits per heavy atom. The van der Waals surface area contributed by atoms with Crippen LogP contribution in [0.5, 0.6) is 11.5 Å². The fraction of sp³-hybridized carbons (Fsp3) is 0.412. The van der Waals surface area contributed by atoms with Gasteiger partial charge in [-0.2, -0.15) is 0 Å². The van der Waals surface area contributed by atoms with Crippen molar-refractivity contribution in [2.24, 2.45) is 0 Å². The quantitative estimate of drug-likeness (QED) is 0.632. The highest BCUT2D eigenvalue weighted by atomic mass is 16.5. The average Bonchev–Trinajstić information content (AvgIpc) is 2.98. The van der Waals surface area contributed by atoms with Crippen LogP contribution in [0.3, 0.4) is 0 Å². The largest absolute Gasteiger partial charge is 0.495 e. The SMILES string of the molecule is COc1c(C=O)c(C2C=CCC2)cc2c1C(=O)CC(C)O2. The van der Waals surface area contributed by atoms with E-state index >= 15 is 0 Å². The number of hydrogen-bond acceptors (Lipinski definition) is 4. The molecule has 0 saturated carbocycles. The lowest BCUT2D eigenvalue weighted by atomic mass is 9.88. The van der Waals surface area contributed by atoms with E-state index in [4.69, 9.17) is 9.47 Å². The van der Waals surface area contributed by atoms with Crippen molar-refractivity contribution in [3.05, 3.63) is 34.9 Å². The Balaban J connectivity index is 2.22. The van der Waals surface area contributed by atoms with Gasteiger partial charge in [-0.1, -0.05) is 12.2 Å². The Hall–Kier alpha value is -2.10. The molecule has 0 bridgehead atoms. The average molecular weight is 286 g/mol. The van der Waals surface area contributed by atoms with Crippen molar-refractivity contribution < 1.29 is 19.1 Å². The summed E-state index contributed by atoms with van der Waals surface area (Å²) in [4.78, 5) is 23.9. The van der Waals surface area contributed by atoms with Crippen molar-refractivity contribution in [1.29, 1.82) is 0 Å². The lowest BCUT2D eigenvalue weighted by Gasteiger charge is -2.26. The highest BCUT2D eigenvalue weighted by Crippen LogP contribution is 2.43. The number of carbonyl (C=O) groups excluding carboxylic acids is 2. The van der Waals surface area contributed by atoms with Crippen LogP contribution < -0.4 is 9.47 Å². The number of hydrogen-bond donors (Lipinski definition) is 0. The van der Waals surface area contributed by atoms with Crippen LogP contribution in [-0.2, 0) is 0 Å². The van der Waals surface area contributed by atoms with E-state index in [0.717, 1.165) is 24.7 Å². The summed E-state index contributed by atoms with van der Waals surface area (Å²) in [7, 11) is 1.49. The molecule has 2 unspecified atom stereocenters. The van der Waals surface area contributed by atoms with E-state index in [1.165, 1.54) is 7.11 Å². The summed E-state index contributed by atoms with van der Waals surface area (Å²) in [5.74, 6) is 1.05. The zero-order chi connectivity index (χ0) is 15.0. The first-order valence-corrected chi connectivity index (χ1v) is 7.22. The van der Waals surface area contributed by atoms with Gasteiger partial charge in [0.05, 0.1) is 12.7 Å². The monoisotopic (exact) mass is 286 g/mol. The molecule has 0 saturated heterocycles. The van der Waals surface area contributed by atoms with Gasteiger partial charge in [0.1, 0.15) is 23.2 Å². The molecule has 0 amide bonds. The number of aldehydes is 1. The number of carbonyl (C=O) groups is 2. The van der Waals surface area contributed by atoms with Gasteiger partial charge in [0.2, 0.25) is 0 Å². The van der Waals surface area contributed by atoms with Gasteiger partial charge in [0, 0.05) is 12.3 Å². The summed E-state index contributed by atoms with van der Waals surface area (Å²) in [5.41, 5.74) is 1.76. The first kappa shape index (κ1) is 13.9. The number of benzene rings is 1. The van der Waals surface area contributed by atoms with Crippen LogP contribution in [0.25, 0.3) is 0 Å². The van der Waals surface area contributed by atoms with Crippen molar-refractivity contribution in [3.63, 3.8) is 0 Å². The molecule has 3 rings (SSSR count). The molecule has 1 aromatic rings. The van der Waals surface area contributed by atoms with E-state index in [1.807, 2.05) is 13.0 Å². The smallest absolute Gasteiger partial charge is 0.174 e. The molecule has 21 heavy (non-hydrogen) atoms. The molecule has 4 nitrogen and oxygen atoms in total. The van der Waals surface area contributed by atoms with E-state index in [-0.39, 0.29) is 17.8 Å². The summed E-state index contributed by atoms with van der Waals surface area (Å²) in [5, 5.41) is 0. The van der Waals surface area contributed by atoms with Gasteiger partial charge < -0.3 is 9.47 Å². The Labute approximate surface area is 123 Å². The topological polar surface area (TPSA) is 52.6 Å². The second-order valence-corrected chi connectivity index (χ2v) is 5.57. The molecule has 2 aliphatic rings. The van der Waals surface area contributed by atoms with Crippen LogP contribution in [0, 0.1) is 0 Å². The van der Waals surface area contributed by atoms with Crippen LogP contribution in [0.2, 0.25) is 0 Å². The fourth-order valence-electron chi connectivity index (χ4n) is 3.18. The molecule has 2 atom stereocenters. The zero-order valence-corrected chi connectivity index (χ0v) is 12.2. The lowest BCUT2D eigenvalue weighted by Crippen LogP contribution is -2.25. The summed E-state index contributed by atoms with van der Waals surface area (Å²) < 4.78 is 11.2. The van der Waals surface area contributed by atoms with Gasteiger partial charge in [-0.25, -0.2) is 0 Å². The van der Waals surface area contributed by atoms with Gasteiger partial charge in [-0.15, -0.1) is 0 Å². The minimum atomic E-state index is -0.149. The van der Waals surface area contributed by atoms with Crippen molar-refractivity contribution in [2.75, 3.05) is 7.11 Å². The van der Waals surface area contributed by atoms with Crippen LogP contribution in [0.4, 0.5) is 0 Å². The third-order valence-corrected chi connectivity index (χ3v) is 4.13. The second-order valence-electron chi connectivity index (χ2n) is 5.57. The Morgan fingerprint density at radius 3 is 2.86 bits per heavy atom. The predicted octanol–water partition coefficient (Wildman–Crippen LogP) is 3.30. The second kappa shape index (κ2) is 5.35. The number of ketones is 1. The molecule has 1 aliphatic heterocycles. The number of methoxy groups -OCH3 is 1. The van der Waals surface area contributed by atoms with E-state index in [9.17, 15) is 9.59 Å². The molecule has 0 radical (unpaired) electrons. The molecule has 0 aromatic heterocycles. The maximum atomic E-state index is 12.3. The number of rotatable bonds is 3. The van der Waals surface area contributed by atoms with E-state index < -0.39 is 0 Å². The number of ether oxygens (including phenoxy) is 2. The fourth-order valence-corrected chi connectivity index (χ4v) is 3.18. The summed E-state index contributed by atoms with van der Waals surface area (Å²) >= 11 is 0. The standard InChI is InChI=1S/C17H18O4/c1-10-7-14(19)16-15(21-10)8-12(11-5-3-4-6-11)13(9-18)17(16)20-2/h3,5,8-11H,4,6-7H2,1-2H3. The van der Waals surface area contributed by atoms with Gasteiger partial charge in [-0.3, -0.25) is 9.59 Å². The minimum Gasteiger partial charge on any atom is -0.495 e. The van der Waals surface area contributed by atoms with Crippen LogP contribution in [0.15, 0.2) is 18.2 Å². The number of allylic oxidation sites excluding steroid dienone is 2. The van der Waals surface area contributed by atoms with Gasteiger partial charge in [0.15, 0.2) is 12.1 Å². The third kappa shape index (κ3) is 2.24. The zero-order valence-electron chi connectivity index (χ0n) is 12.2. The molecule has 0 fully saturated rings. The Kier molecular flexibility index (Phi) is 3.53. The molecule has 0 N–H and O–H groups in total. The molecular weight excluding hydrogens is 268 g/mol. The highest BCUT2D eigenvalue weighted by molar-refractivity contribution is 6.05. The van der Waals surface area contributed by atoms with Crippen LogP contribution in [-0.4, -0.2) is 25.3 Å². The van der Waals surface area contributed by atoms with Crippen molar-refractivity contribution in [2.45, 2.75) is 38.2 Å². The molecular formula is C17H18O4. The van der Waals surface area contributed by atoms with Gasteiger partial charge in [-0.05, 0) is 31.4 Å². The van der Waals surface area contributed by atoms with Crippen molar-refractivity contribution in [3.8, 4) is 11.5 Å². The molecule has 110 valence electrons. The predicted molar refractivity (Wildman–Crippen MR) is 78.5 cm³/mol. The first-order chi connectivity index (χ1) is 10.2. The summed E-state index contributed by atoms with van der Waals surface area (Å²) in [6.07, 6.45) is 7.12. The minimum absolute atomic E-state index is 0.0304. The van der Waals surface area contributed by atoms with Crippen LogP contribution in [0.1, 0.15) is 58.4 Å². The maximum absolute atomic E-state index is 12.3. The summed E-state index contributed by atoms with van der Waals surface area (Å²) in [6.45, 7) is 1.87. The Morgan fingerprint density at radius 1 is 1.43 bits per heavy atom. The molecule has 0 spiro atoms. The summed E-state index contributed by atoms with van der Waals surface area (Å²) in [6, 6.07) is 1.84. The number of Topliss-reactive ketones (excluding diaryl/α,β-unsaturated/α-hetero) is 1. The van der Waals surface area contributed by atoms with E-state index in [1.54, 1.807) is 0 Å².